The smallest absolute Gasteiger partial charge is 0.100 e. The van der Waals surface area contributed by atoms with Crippen LogP contribution < -0.4 is 5.73 Å². The van der Waals surface area contributed by atoms with Gasteiger partial charge in [0.25, 0.3) is 0 Å². The van der Waals surface area contributed by atoms with Crippen LogP contribution in [0.15, 0.2) is 0 Å². The van der Waals surface area contributed by atoms with Crippen LogP contribution in [0, 0.1) is 0 Å². The minimum Gasteiger partial charge on any atom is -0.389 e. The van der Waals surface area contributed by atoms with Crippen molar-refractivity contribution in [3.63, 3.8) is 0 Å². The first-order valence-electron chi connectivity index (χ1n) is 3.34. The van der Waals surface area contributed by atoms with E-state index < -0.39 is 6.10 Å². The van der Waals surface area contributed by atoms with Crippen molar-refractivity contribution in [3.05, 3.63) is 0 Å². The maximum Gasteiger partial charge on any atom is 0.100 e. The van der Waals surface area contributed by atoms with Gasteiger partial charge in [-0.15, -0.1) is 24.0 Å². The summed E-state index contributed by atoms with van der Waals surface area (Å²) in [7, 11) is 0. The molecule has 0 aromatic heterocycles. The molecule has 0 amide bonds. The molecule has 1 heterocycles. The predicted molar refractivity (Wildman–Crippen MR) is 46.3 cm³/mol. The lowest BCUT2D eigenvalue weighted by Crippen LogP contribution is -2.33. The first-order valence-corrected chi connectivity index (χ1v) is 3.78. The molecule has 1 fully saturated rings. The molecular weight excluding hydrogens is 189 g/mol. The van der Waals surface area contributed by atoms with E-state index in [4.69, 9.17) is 22.1 Å². The van der Waals surface area contributed by atoms with E-state index >= 15 is 0 Å². The minimum absolute atomic E-state index is 0. The zero-order valence-corrected chi connectivity index (χ0v) is 7.81. The third-order valence-electron chi connectivity index (χ3n) is 1.78. The molecule has 3 nitrogen and oxygen atoms in total. The van der Waals surface area contributed by atoms with E-state index in [2.05, 4.69) is 0 Å². The van der Waals surface area contributed by atoms with Gasteiger partial charge >= 0.3 is 0 Å². The maximum absolute atomic E-state index is 9.29. The molecule has 0 spiro atoms. The van der Waals surface area contributed by atoms with Crippen molar-refractivity contribution < 1.29 is 9.84 Å². The van der Waals surface area contributed by atoms with Gasteiger partial charge in [0, 0.05) is 6.54 Å². The van der Waals surface area contributed by atoms with Crippen molar-refractivity contribution in [1.82, 2.24) is 0 Å². The molecule has 0 bridgehead atoms. The molecule has 68 valence electrons. The van der Waals surface area contributed by atoms with E-state index in [1.54, 1.807) is 0 Å². The summed E-state index contributed by atoms with van der Waals surface area (Å²) < 4.78 is 5.23. The van der Waals surface area contributed by atoms with Crippen LogP contribution in [0.1, 0.15) is 6.92 Å². The molecule has 5 heteroatoms. The Labute approximate surface area is 77.3 Å². The number of rotatable bonds is 1. The van der Waals surface area contributed by atoms with E-state index in [1.807, 2.05) is 6.92 Å². The van der Waals surface area contributed by atoms with E-state index in [-0.39, 0.29) is 30.0 Å². The molecule has 0 aromatic carbocycles. The van der Waals surface area contributed by atoms with Gasteiger partial charge in [-0.1, -0.05) is 0 Å². The molecule has 1 rings (SSSR count). The average molecular weight is 202 g/mol. The molecule has 0 radical (unpaired) electrons. The van der Waals surface area contributed by atoms with Gasteiger partial charge in [-0.05, 0) is 6.92 Å². The Hall–Kier alpha value is 0.460. The fourth-order valence-electron chi connectivity index (χ4n) is 1.11. The summed E-state index contributed by atoms with van der Waals surface area (Å²) in [4.78, 5) is 0. The number of halogens is 2. The van der Waals surface area contributed by atoms with Crippen LogP contribution in [-0.2, 0) is 4.74 Å². The van der Waals surface area contributed by atoms with Crippen LogP contribution in [0.3, 0.4) is 0 Å². The van der Waals surface area contributed by atoms with Gasteiger partial charge in [0.05, 0.1) is 17.6 Å². The monoisotopic (exact) mass is 201 g/mol. The lowest BCUT2D eigenvalue weighted by Gasteiger charge is -2.10. The molecule has 4 atom stereocenters. The number of hydrogen-bond acceptors (Lipinski definition) is 3. The molecule has 0 aliphatic carbocycles. The molecule has 11 heavy (non-hydrogen) atoms. The number of aliphatic hydroxyl groups is 1. The summed E-state index contributed by atoms with van der Waals surface area (Å²) in [5.41, 5.74) is 5.31. The standard InChI is InChI=1S/C6H12ClNO2.ClH/c1-3-5(7)6(9)4(2-8)10-3;/h3-6,9H,2,8H2,1H3;1H. The molecule has 0 saturated carbocycles. The Morgan fingerprint density at radius 2 is 2.18 bits per heavy atom. The largest absolute Gasteiger partial charge is 0.389 e. The summed E-state index contributed by atoms with van der Waals surface area (Å²) in [5, 5.41) is 8.98. The topological polar surface area (TPSA) is 55.5 Å². The van der Waals surface area contributed by atoms with Crippen LogP contribution in [0.25, 0.3) is 0 Å². The second-order valence-electron chi connectivity index (χ2n) is 2.55. The van der Waals surface area contributed by atoms with E-state index in [0.717, 1.165) is 0 Å². The molecule has 0 aromatic rings. The zero-order valence-electron chi connectivity index (χ0n) is 6.24. The number of nitrogens with two attached hydrogens (primary N) is 1. The Morgan fingerprint density at radius 1 is 1.64 bits per heavy atom. The Morgan fingerprint density at radius 3 is 2.36 bits per heavy atom. The zero-order chi connectivity index (χ0) is 7.72. The van der Waals surface area contributed by atoms with Gasteiger partial charge in [-0.25, -0.2) is 0 Å². The lowest BCUT2D eigenvalue weighted by molar-refractivity contribution is 0.0224. The Bertz CT molecular complexity index is 125. The van der Waals surface area contributed by atoms with Gasteiger partial charge in [0.15, 0.2) is 0 Å². The fraction of sp³-hybridized carbons (Fsp3) is 1.00. The fourth-order valence-corrected chi connectivity index (χ4v) is 1.33. The highest BCUT2D eigenvalue weighted by atomic mass is 35.5. The quantitative estimate of drug-likeness (QED) is 0.594. The van der Waals surface area contributed by atoms with Crippen LogP contribution in [0.2, 0.25) is 0 Å². The second kappa shape index (κ2) is 4.48. The second-order valence-corrected chi connectivity index (χ2v) is 3.05. The lowest BCUT2D eigenvalue weighted by atomic mass is 10.1. The third kappa shape index (κ3) is 2.20. The van der Waals surface area contributed by atoms with Crippen molar-refractivity contribution >= 4 is 24.0 Å². The van der Waals surface area contributed by atoms with Crippen molar-refractivity contribution in [3.8, 4) is 0 Å². The van der Waals surface area contributed by atoms with E-state index in [0.29, 0.717) is 6.54 Å². The summed E-state index contributed by atoms with van der Waals surface area (Å²) >= 11 is 5.76. The third-order valence-corrected chi connectivity index (χ3v) is 2.39. The van der Waals surface area contributed by atoms with Gasteiger partial charge < -0.3 is 15.6 Å². The van der Waals surface area contributed by atoms with Crippen LogP contribution in [-0.4, -0.2) is 35.3 Å². The molecule has 4 unspecified atom stereocenters. The van der Waals surface area contributed by atoms with Crippen LogP contribution in [0.5, 0.6) is 0 Å². The van der Waals surface area contributed by atoms with E-state index in [1.165, 1.54) is 0 Å². The van der Waals surface area contributed by atoms with Crippen molar-refractivity contribution in [2.45, 2.75) is 30.6 Å². The van der Waals surface area contributed by atoms with Gasteiger partial charge in [0.2, 0.25) is 0 Å². The van der Waals surface area contributed by atoms with E-state index in [9.17, 15) is 5.11 Å². The van der Waals surface area contributed by atoms with Gasteiger partial charge in [-0.3, -0.25) is 0 Å². The number of ether oxygens (including phenoxy) is 1. The van der Waals surface area contributed by atoms with Gasteiger partial charge in [-0.2, -0.15) is 0 Å². The molecule has 1 aliphatic rings. The van der Waals surface area contributed by atoms with Crippen LogP contribution >= 0.6 is 24.0 Å². The highest BCUT2D eigenvalue weighted by molar-refractivity contribution is 6.21. The SMILES string of the molecule is CC1OC(CN)C(O)C1Cl.Cl. The van der Waals surface area contributed by atoms with Crippen molar-refractivity contribution in [1.29, 1.82) is 0 Å². The first-order chi connectivity index (χ1) is 4.66. The van der Waals surface area contributed by atoms with Crippen molar-refractivity contribution in [2.24, 2.45) is 5.73 Å². The van der Waals surface area contributed by atoms with Gasteiger partial charge in [0.1, 0.15) is 6.10 Å². The highest BCUT2D eigenvalue weighted by Gasteiger charge is 2.38. The normalized spacial score (nSPS) is 43.6. The average Bonchev–Trinajstić information content (AvgIpc) is 2.17. The minimum atomic E-state index is -0.610. The highest BCUT2D eigenvalue weighted by Crippen LogP contribution is 2.24. The summed E-state index contributed by atoms with van der Waals surface area (Å²) in [6.07, 6.45) is -0.982. The summed E-state index contributed by atoms with van der Waals surface area (Å²) in [6.45, 7) is 2.16. The number of aliphatic hydroxyl groups excluding tert-OH is 1. The Kier molecular flexibility index (Phi) is 4.66. The Balaban J connectivity index is 0.000001000. The maximum atomic E-state index is 9.29. The number of alkyl halides is 1. The molecule has 1 saturated heterocycles. The molecule has 3 N–H and O–H groups in total. The van der Waals surface area contributed by atoms with Crippen LogP contribution in [0.4, 0.5) is 0 Å². The predicted octanol–water partition coefficient (Wildman–Crippen LogP) is 0.123. The first kappa shape index (κ1) is 11.5. The summed E-state index contributed by atoms with van der Waals surface area (Å²) in [5.74, 6) is 0. The summed E-state index contributed by atoms with van der Waals surface area (Å²) in [6, 6.07) is 0. The number of hydrogen-bond donors (Lipinski definition) is 2. The molecular formula is C6H13Cl2NO2. The van der Waals surface area contributed by atoms with Crippen molar-refractivity contribution in [2.75, 3.05) is 6.54 Å². The molecule has 1 aliphatic heterocycles.